The molecule has 1 atom stereocenters. The third-order valence-corrected chi connectivity index (χ3v) is 5.34. The van der Waals surface area contributed by atoms with Crippen LogP contribution in [0.5, 0.6) is 0 Å². The van der Waals surface area contributed by atoms with Crippen molar-refractivity contribution in [1.82, 2.24) is 10.2 Å². The molecule has 2 aromatic carbocycles. The molecule has 0 radical (unpaired) electrons. The van der Waals surface area contributed by atoms with E-state index in [4.69, 9.17) is 11.6 Å². The number of hydrogen-bond acceptors (Lipinski definition) is 2. The monoisotopic (exact) mass is 417 g/mol. The van der Waals surface area contributed by atoms with Crippen LogP contribution in [-0.4, -0.2) is 29.9 Å². The van der Waals surface area contributed by atoms with Gasteiger partial charge in [0.1, 0.15) is 5.82 Å². The second-order valence-electron chi connectivity index (χ2n) is 7.33. The van der Waals surface area contributed by atoms with Gasteiger partial charge in [-0.25, -0.2) is 9.18 Å². The topological polar surface area (TPSA) is 61.4 Å². The molecule has 1 saturated heterocycles. The Kier molecular flexibility index (Phi) is 7.47. The molecular formula is C22H25ClFN3O2. The predicted octanol–water partition coefficient (Wildman–Crippen LogP) is 4.82. The van der Waals surface area contributed by atoms with E-state index in [0.29, 0.717) is 42.7 Å². The van der Waals surface area contributed by atoms with Crippen molar-refractivity contribution in [3.8, 4) is 0 Å². The van der Waals surface area contributed by atoms with Crippen molar-refractivity contribution < 1.29 is 14.0 Å². The van der Waals surface area contributed by atoms with E-state index in [0.717, 1.165) is 24.8 Å². The average molecular weight is 418 g/mol. The standard InChI is InChI=1S/C22H25ClFN3O2/c23-18-6-3-16(4-7-18)14-25-21(28)12-5-17-2-1-13-27(15-17)22(29)26-20-10-8-19(24)9-11-20/h3-4,6-11,17H,1-2,5,12-15H2,(H,25,28)(H,26,29). The number of hydrogen-bond donors (Lipinski definition) is 2. The lowest BCUT2D eigenvalue weighted by Crippen LogP contribution is -2.42. The van der Waals surface area contributed by atoms with Crippen molar-refractivity contribution >= 4 is 29.2 Å². The molecule has 0 aliphatic carbocycles. The fourth-order valence-electron chi connectivity index (χ4n) is 3.45. The molecule has 2 aromatic rings. The van der Waals surface area contributed by atoms with Crippen molar-refractivity contribution in [2.75, 3.05) is 18.4 Å². The zero-order valence-corrected chi connectivity index (χ0v) is 16.9. The molecule has 154 valence electrons. The summed E-state index contributed by atoms with van der Waals surface area (Å²) >= 11 is 5.86. The summed E-state index contributed by atoms with van der Waals surface area (Å²) in [5.41, 5.74) is 1.57. The van der Waals surface area contributed by atoms with Gasteiger partial charge in [0, 0.05) is 36.8 Å². The van der Waals surface area contributed by atoms with Gasteiger partial charge in [-0.05, 0) is 67.1 Å². The number of carbonyl (C=O) groups excluding carboxylic acids is 2. The van der Waals surface area contributed by atoms with Crippen molar-refractivity contribution in [1.29, 1.82) is 0 Å². The Morgan fingerprint density at radius 2 is 1.83 bits per heavy atom. The molecule has 1 fully saturated rings. The highest BCUT2D eigenvalue weighted by molar-refractivity contribution is 6.30. The number of urea groups is 1. The van der Waals surface area contributed by atoms with Crippen molar-refractivity contribution in [3.05, 3.63) is 64.9 Å². The SMILES string of the molecule is O=C(CCC1CCCN(C(=O)Nc2ccc(F)cc2)C1)NCc1ccc(Cl)cc1. The summed E-state index contributed by atoms with van der Waals surface area (Å²) in [5.74, 6) is -0.0350. The van der Waals surface area contributed by atoms with E-state index in [2.05, 4.69) is 10.6 Å². The van der Waals surface area contributed by atoms with Gasteiger partial charge >= 0.3 is 6.03 Å². The van der Waals surface area contributed by atoms with E-state index >= 15 is 0 Å². The zero-order chi connectivity index (χ0) is 20.6. The minimum absolute atomic E-state index is 0.00726. The normalized spacial score (nSPS) is 16.3. The number of carbonyl (C=O) groups is 2. The summed E-state index contributed by atoms with van der Waals surface area (Å²) in [6.45, 7) is 1.79. The zero-order valence-electron chi connectivity index (χ0n) is 16.2. The van der Waals surface area contributed by atoms with E-state index in [9.17, 15) is 14.0 Å². The van der Waals surface area contributed by atoms with E-state index in [1.54, 1.807) is 29.2 Å². The quantitative estimate of drug-likeness (QED) is 0.707. The number of halogens is 2. The van der Waals surface area contributed by atoms with Gasteiger partial charge in [-0.2, -0.15) is 0 Å². The Morgan fingerprint density at radius 1 is 1.10 bits per heavy atom. The van der Waals surface area contributed by atoms with Gasteiger partial charge in [0.15, 0.2) is 0 Å². The first kappa shape index (κ1) is 21.1. The summed E-state index contributed by atoms with van der Waals surface area (Å²) in [5, 5.41) is 6.39. The Balaban J connectivity index is 1.40. The molecule has 1 heterocycles. The highest BCUT2D eigenvalue weighted by atomic mass is 35.5. The second kappa shape index (κ2) is 10.3. The van der Waals surface area contributed by atoms with Crippen LogP contribution in [0.2, 0.25) is 5.02 Å². The van der Waals surface area contributed by atoms with E-state index < -0.39 is 0 Å². The number of likely N-dealkylation sites (tertiary alicyclic amines) is 1. The number of anilines is 1. The first-order valence-corrected chi connectivity index (χ1v) is 10.2. The van der Waals surface area contributed by atoms with Gasteiger partial charge in [0.2, 0.25) is 5.91 Å². The minimum Gasteiger partial charge on any atom is -0.352 e. The highest BCUT2D eigenvalue weighted by Gasteiger charge is 2.24. The van der Waals surface area contributed by atoms with Crippen LogP contribution in [0.15, 0.2) is 48.5 Å². The van der Waals surface area contributed by atoms with Crippen LogP contribution in [0.1, 0.15) is 31.2 Å². The molecule has 3 rings (SSSR count). The lowest BCUT2D eigenvalue weighted by molar-refractivity contribution is -0.121. The third-order valence-electron chi connectivity index (χ3n) is 5.08. The van der Waals surface area contributed by atoms with Crippen molar-refractivity contribution in [3.63, 3.8) is 0 Å². The number of amides is 3. The lowest BCUT2D eigenvalue weighted by Gasteiger charge is -2.32. The maximum Gasteiger partial charge on any atom is 0.321 e. The molecule has 0 saturated carbocycles. The highest BCUT2D eigenvalue weighted by Crippen LogP contribution is 2.22. The molecule has 1 unspecified atom stereocenters. The molecule has 0 aromatic heterocycles. The minimum atomic E-state index is -0.338. The molecule has 0 spiro atoms. The van der Waals surface area contributed by atoms with Crippen LogP contribution in [0, 0.1) is 11.7 Å². The molecule has 5 nitrogen and oxygen atoms in total. The van der Waals surface area contributed by atoms with Crippen LogP contribution in [0.3, 0.4) is 0 Å². The molecule has 1 aliphatic heterocycles. The van der Waals surface area contributed by atoms with Crippen molar-refractivity contribution in [2.24, 2.45) is 5.92 Å². The van der Waals surface area contributed by atoms with Gasteiger partial charge in [-0.3, -0.25) is 4.79 Å². The van der Waals surface area contributed by atoms with Gasteiger partial charge in [0.05, 0.1) is 0 Å². The maximum atomic E-state index is 13.0. The Labute approximate surface area is 175 Å². The number of rotatable bonds is 6. The Bertz CT molecular complexity index is 827. The van der Waals surface area contributed by atoms with Crippen molar-refractivity contribution in [2.45, 2.75) is 32.2 Å². The van der Waals surface area contributed by atoms with E-state index in [1.165, 1.54) is 12.1 Å². The summed E-state index contributed by atoms with van der Waals surface area (Å²) in [7, 11) is 0. The van der Waals surface area contributed by atoms with Gasteiger partial charge in [-0.15, -0.1) is 0 Å². The van der Waals surface area contributed by atoms with E-state index in [-0.39, 0.29) is 17.8 Å². The Hall–Kier alpha value is -2.60. The van der Waals surface area contributed by atoms with Gasteiger partial charge in [-0.1, -0.05) is 23.7 Å². The number of nitrogens with zero attached hydrogens (tertiary/aromatic N) is 1. The molecular weight excluding hydrogens is 393 g/mol. The summed E-state index contributed by atoms with van der Waals surface area (Å²) < 4.78 is 13.0. The molecule has 2 N–H and O–H groups in total. The summed E-state index contributed by atoms with van der Waals surface area (Å²) in [4.78, 5) is 26.4. The number of piperidine rings is 1. The third kappa shape index (κ3) is 6.75. The number of nitrogens with one attached hydrogen (secondary N) is 2. The first-order valence-electron chi connectivity index (χ1n) is 9.82. The molecule has 1 aliphatic rings. The first-order chi connectivity index (χ1) is 14.0. The van der Waals surface area contributed by atoms with Gasteiger partial charge in [0.25, 0.3) is 0 Å². The lowest BCUT2D eigenvalue weighted by atomic mass is 9.93. The second-order valence-corrected chi connectivity index (χ2v) is 7.77. The van der Waals surface area contributed by atoms with E-state index in [1.807, 2.05) is 12.1 Å². The Morgan fingerprint density at radius 3 is 2.55 bits per heavy atom. The summed E-state index contributed by atoms with van der Waals surface area (Å²) in [6, 6.07) is 12.9. The molecule has 3 amide bonds. The molecule has 29 heavy (non-hydrogen) atoms. The van der Waals surface area contributed by atoms with Crippen LogP contribution >= 0.6 is 11.6 Å². The molecule has 0 bridgehead atoms. The van der Waals surface area contributed by atoms with Crippen LogP contribution < -0.4 is 10.6 Å². The maximum absolute atomic E-state index is 13.0. The largest absolute Gasteiger partial charge is 0.352 e. The fourth-order valence-corrected chi connectivity index (χ4v) is 3.57. The van der Waals surface area contributed by atoms with Crippen LogP contribution in [0.25, 0.3) is 0 Å². The smallest absolute Gasteiger partial charge is 0.321 e. The number of benzene rings is 2. The fraction of sp³-hybridized carbons (Fsp3) is 0.364. The molecule has 7 heteroatoms. The predicted molar refractivity (Wildman–Crippen MR) is 112 cm³/mol. The average Bonchev–Trinajstić information content (AvgIpc) is 2.73. The van der Waals surface area contributed by atoms with Crippen LogP contribution in [-0.2, 0) is 11.3 Å². The van der Waals surface area contributed by atoms with Gasteiger partial charge < -0.3 is 15.5 Å². The summed E-state index contributed by atoms with van der Waals surface area (Å²) in [6.07, 6.45) is 3.09. The van der Waals surface area contributed by atoms with Crippen LogP contribution in [0.4, 0.5) is 14.9 Å².